The van der Waals surface area contributed by atoms with Crippen LogP contribution < -0.4 is 5.32 Å². The van der Waals surface area contributed by atoms with Crippen LogP contribution >= 0.6 is 23.4 Å². The Labute approximate surface area is 133 Å². The number of halogens is 1. The van der Waals surface area contributed by atoms with Crippen molar-refractivity contribution in [3.63, 3.8) is 0 Å². The SMILES string of the molecule is CCCNC(CSCC(C)C)Cc1ccc(C)cc1Cl. The summed E-state index contributed by atoms with van der Waals surface area (Å²) in [5.41, 5.74) is 2.49. The highest BCUT2D eigenvalue weighted by molar-refractivity contribution is 7.99. The minimum Gasteiger partial charge on any atom is -0.313 e. The van der Waals surface area contributed by atoms with Gasteiger partial charge in [0.15, 0.2) is 0 Å². The van der Waals surface area contributed by atoms with E-state index in [1.54, 1.807) is 0 Å². The summed E-state index contributed by atoms with van der Waals surface area (Å²) < 4.78 is 0. The number of aryl methyl sites for hydroxylation is 1. The Balaban J connectivity index is 2.58. The van der Waals surface area contributed by atoms with Crippen molar-refractivity contribution in [3.8, 4) is 0 Å². The number of nitrogens with one attached hydrogen (secondary N) is 1. The van der Waals surface area contributed by atoms with E-state index in [0.717, 1.165) is 29.7 Å². The van der Waals surface area contributed by atoms with Crippen molar-refractivity contribution in [2.75, 3.05) is 18.1 Å². The minimum absolute atomic E-state index is 0.513. The lowest BCUT2D eigenvalue weighted by Crippen LogP contribution is -2.34. The Hall–Kier alpha value is -0.180. The van der Waals surface area contributed by atoms with Crippen molar-refractivity contribution in [1.29, 1.82) is 0 Å². The van der Waals surface area contributed by atoms with Crippen LogP contribution in [0.25, 0.3) is 0 Å². The first-order valence-electron chi connectivity index (χ1n) is 7.59. The van der Waals surface area contributed by atoms with E-state index in [2.05, 4.69) is 51.2 Å². The Morgan fingerprint density at radius 3 is 2.60 bits per heavy atom. The quantitative estimate of drug-likeness (QED) is 0.692. The van der Waals surface area contributed by atoms with Crippen LogP contribution in [0.2, 0.25) is 5.02 Å². The Morgan fingerprint density at radius 2 is 2.00 bits per heavy atom. The second kappa shape index (κ2) is 9.70. The number of hydrogen-bond acceptors (Lipinski definition) is 2. The van der Waals surface area contributed by atoms with E-state index < -0.39 is 0 Å². The molecule has 0 aromatic heterocycles. The maximum absolute atomic E-state index is 6.36. The van der Waals surface area contributed by atoms with Gasteiger partial charge in [-0.25, -0.2) is 0 Å². The third-order valence-corrected chi connectivity index (χ3v) is 5.02. The van der Waals surface area contributed by atoms with Crippen LogP contribution in [-0.2, 0) is 6.42 Å². The molecule has 0 amide bonds. The lowest BCUT2D eigenvalue weighted by atomic mass is 10.1. The van der Waals surface area contributed by atoms with Gasteiger partial charge in [0.2, 0.25) is 0 Å². The van der Waals surface area contributed by atoms with Gasteiger partial charge in [0.05, 0.1) is 0 Å². The molecule has 0 saturated carbocycles. The van der Waals surface area contributed by atoms with Gasteiger partial charge in [-0.15, -0.1) is 0 Å². The molecule has 0 saturated heterocycles. The molecule has 0 aliphatic heterocycles. The number of thioether (sulfide) groups is 1. The summed E-state index contributed by atoms with van der Waals surface area (Å²) in [6.07, 6.45) is 2.19. The third kappa shape index (κ3) is 7.01. The van der Waals surface area contributed by atoms with Crippen molar-refractivity contribution in [1.82, 2.24) is 5.32 Å². The van der Waals surface area contributed by atoms with Gasteiger partial charge in [-0.1, -0.05) is 44.5 Å². The van der Waals surface area contributed by atoms with Crippen molar-refractivity contribution in [2.24, 2.45) is 5.92 Å². The van der Waals surface area contributed by atoms with Crippen molar-refractivity contribution >= 4 is 23.4 Å². The minimum atomic E-state index is 0.513. The highest BCUT2D eigenvalue weighted by Crippen LogP contribution is 2.20. The number of rotatable bonds is 9. The molecule has 0 radical (unpaired) electrons. The van der Waals surface area contributed by atoms with Crippen LogP contribution in [0.15, 0.2) is 18.2 Å². The van der Waals surface area contributed by atoms with Crippen LogP contribution in [-0.4, -0.2) is 24.1 Å². The summed E-state index contributed by atoms with van der Waals surface area (Å²) in [6.45, 7) is 9.93. The van der Waals surface area contributed by atoms with Crippen molar-refractivity contribution in [2.45, 2.75) is 46.6 Å². The van der Waals surface area contributed by atoms with Crippen molar-refractivity contribution in [3.05, 3.63) is 34.3 Å². The van der Waals surface area contributed by atoms with Gasteiger partial charge in [-0.2, -0.15) is 11.8 Å². The van der Waals surface area contributed by atoms with Crippen LogP contribution in [0.1, 0.15) is 38.3 Å². The highest BCUT2D eigenvalue weighted by atomic mass is 35.5. The molecule has 0 aliphatic carbocycles. The average Bonchev–Trinajstić information content (AvgIpc) is 2.38. The molecule has 3 heteroatoms. The average molecular weight is 314 g/mol. The first-order valence-corrected chi connectivity index (χ1v) is 9.12. The molecule has 1 unspecified atom stereocenters. The Kier molecular flexibility index (Phi) is 8.67. The van der Waals surface area contributed by atoms with E-state index in [9.17, 15) is 0 Å². The predicted molar refractivity (Wildman–Crippen MR) is 94.1 cm³/mol. The summed E-state index contributed by atoms with van der Waals surface area (Å²) in [5, 5.41) is 4.56. The van der Waals surface area contributed by atoms with Crippen LogP contribution in [0.3, 0.4) is 0 Å². The molecule has 1 nitrogen and oxygen atoms in total. The fourth-order valence-electron chi connectivity index (χ4n) is 2.07. The molecule has 20 heavy (non-hydrogen) atoms. The molecule has 0 fully saturated rings. The fourth-order valence-corrected chi connectivity index (χ4v) is 3.51. The molecule has 0 heterocycles. The van der Waals surface area contributed by atoms with Gasteiger partial charge >= 0.3 is 0 Å². The Morgan fingerprint density at radius 1 is 1.25 bits per heavy atom. The van der Waals surface area contributed by atoms with Gasteiger partial charge in [0, 0.05) is 16.8 Å². The zero-order valence-corrected chi connectivity index (χ0v) is 14.8. The van der Waals surface area contributed by atoms with E-state index in [4.69, 9.17) is 11.6 Å². The van der Waals surface area contributed by atoms with Crippen LogP contribution in [0.4, 0.5) is 0 Å². The molecule has 1 aromatic carbocycles. The molecule has 114 valence electrons. The molecule has 1 atom stereocenters. The largest absolute Gasteiger partial charge is 0.313 e. The van der Waals surface area contributed by atoms with Gasteiger partial charge in [-0.3, -0.25) is 0 Å². The Bertz CT molecular complexity index is 393. The monoisotopic (exact) mass is 313 g/mol. The highest BCUT2D eigenvalue weighted by Gasteiger charge is 2.11. The first kappa shape index (κ1) is 17.9. The summed E-state index contributed by atoms with van der Waals surface area (Å²) in [4.78, 5) is 0. The van der Waals surface area contributed by atoms with Gasteiger partial charge in [0.25, 0.3) is 0 Å². The number of benzene rings is 1. The van der Waals surface area contributed by atoms with E-state index >= 15 is 0 Å². The van der Waals surface area contributed by atoms with Crippen LogP contribution in [0.5, 0.6) is 0 Å². The molecule has 1 aromatic rings. The smallest absolute Gasteiger partial charge is 0.0441 e. The lowest BCUT2D eigenvalue weighted by molar-refractivity contribution is 0.549. The van der Waals surface area contributed by atoms with Crippen molar-refractivity contribution < 1.29 is 0 Å². The van der Waals surface area contributed by atoms with Gasteiger partial charge < -0.3 is 5.32 Å². The normalized spacial score (nSPS) is 12.9. The predicted octanol–water partition coefficient (Wildman–Crippen LogP) is 4.95. The molecular weight excluding hydrogens is 286 g/mol. The van der Waals surface area contributed by atoms with E-state index in [0.29, 0.717) is 6.04 Å². The summed E-state index contributed by atoms with van der Waals surface area (Å²) >= 11 is 8.40. The summed E-state index contributed by atoms with van der Waals surface area (Å²) in [5.74, 6) is 3.14. The lowest BCUT2D eigenvalue weighted by Gasteiger charge is -2.19. The molecular formula is C17H28ClNS. The molecule has 1 rings (SSSR count). The first-order chi connectivity index (χ1) is 9.52. The van der Waals surface area contributed by atoms with E-state index in [1.807, 2.05) is 11.8 Å². The zero-order valence-electron chi connectivity index (χ0n) is 13.2. The standard InChI is InChI=1S/C17H28ClNS/c1-5-8-19-16(12-20-11-13(2)3)10-15-7-6-14(4)9-17(15)18/h6-7,9,13,16,19H,5,8,10-12H2,1-4H3. The second-order valence-electron chi connectivity index (χ2n) is 5.88. The molecule has 0 bridgehead atoms. The van der Waals surface area contributed by atoms with Gasteiger partial charge in [0.1, 0.15) is 0 Å². The van der Waals surface area contributed by atoms with Crippen LogP contribution in [0, 0.1) is 12.8 Å². The van der Waals surface area contributed by atoms with E-state index in [1.165, 1.54) is 23.3 Å². The maximum atomic E-state index is 6.36. The maximum Gasteiger partial charge on any atom is 0.0441 e. The molecule has 1 N–H and O–H groups in total. The number of hydrogen-bond donors (Lipinski definition) is 1. The topological polar surface area (TPSA) is 12.0 Å². The fraction of sp³-hybridized carbons (Fsp3) is 0.647. The molecule has 0 spiro atoms. The second-order valence-corrected chi connectivity index (χ2v) is 7.36. The van der Waals surface area contributed by atoms with Gasteiger partial charge in [-0.05, 0) is 55.2 Å². The molecule has 0 aliphatic rings. The van der Waals surface area contributed by atoms with E-state index in [-0.39, 0.29) is 0 Å². The summed E-state index contributed by atoms with van der Waals surface area (Å²) in [7, 11) is 0. The summed E-state index contributed by atoms with van der Waals surface area (Å²) in [6, 6.07) is 6.90. The zero-order chi connectivity index (χ0) is 15.0. The third-order valence-electron chi connectivity index (χ3n) is 3.13.